The van der Waals surface area contributed by atoms with E-state index >= 15 is 0 Å². The van der Waals surface area contributed by atoms with E-state index in [-0.39, 0.29) is 28.2 Å². The molecule has 9 nitrogen and oxygen atoms in total. The van der Waals surface area contributed by atoms with Crippen molar-refractivity contribution < 1.29 is 10.0 Å². The van der Waals surface area contributed by atoms with Gasteiger partial charge in [-0.1, -0.05) is 30.3 Å². The van der Waals surface area contributed by atoms with Crippen molar-refractivity contribution in [2.75, 3.05) is 0 Å². The summed E-state index contributed by atoms with van der Waals surface area (Å²) in [5.41, 5.74) is 0.265. The maximum atomic E-state index is 13.2. The van der Waals surface area contributed by atoms with Crippen molar-refractivity contribution >= 4 is 33.0 Å². The lowest BCUT2D eigenvalue weighted by atomic mass is 10.1. The molecule has 0 saturated carbocycles. The van der Waals surface area contributed by atoms with Crippen molar-refractivity contribution in [2.24, 2.45) is 10.2 Å². The Morgan fingerprint density at radius 3 is 2.48 bits per heavy atom. The summed E-state index contributed by atoms with van der Waals surface area (Å²) in [5, 5.41) is 39.1. The fourth-order valence-electron chi connectivity index (χ4n) is 3.06. The van der Waals surface area contributed by atoms with Gasteiger partial charge in [0.1, 0.15) is 17.3 Å². The summed E-state index contributed by atoms with van der Waals surface area (Å²) in [5.74, 6) is -0.447. The molecular weight excluding hydrogens is 466 g/mol. The standard InChI is InChI=1S/C21H16BrN5O4/c1-12-16(11-23)20(28)26(13(2)14-6-4-3-5-7-14)21(29)19(12)25-24-18-9-8-15(27(30)31)10-17(18)22/h3-10,13,28H,1-2H3. The van der Waals surface area contributed by atoms with E-state index in [1.165, 1.54) is 25.1 Å². The molecule has 31 heavy (non-hydrogen) atoms. The molecule has 0 amide bonds. The van der Waals surface area contributed by atoms with Crippen LogP contribution in [0.1, 0.15) is 29.7 Å². The molecule has 0 bridgehead atoms. The molecule has 1 N–H and O–H groups in total. The Hall–Kier alpha value is -3.84. The number of rotatable bonds is 5. The van der Waals surface area contributed by atoms with E-state index in [1.54, 1.807) is 31.2 Å². The number of azo groups is 1. The number of non-ortho nitro benzene ring substituents is 1. The van der Waals surface area contributed by atoms with Gasteiger partial charge in [0.25, 0.3) is 11.2 Å². The molecule has 1 unspecified atom stereocenters. The molecule has 0 saturated heterocycles. The molecule has 1 heterocycles. The number of aromatic hydroxyl groups is 1. The largest absolute Gasteiger partial charge is 0.493 e. The average Bonchev–Trinajstić information content (AvgIpc) is 2.75. The third-order valence-corrected chi connectivity index (χ3v) is 5.42. The van der Waals surface area contributed by atoms with Crippen molar-refractivity contribution in [3.63, 3.8) is 0 Å². The number of benzene rings is 2. The van der Waals surface area contributed by atoms with Gasteiger partial charge in [-0.3, -0.25) is 19.5 Å². The van der Waals surface area contributed by atoms with E-state index < -0.39 is 22.4 Å². The molecule has 10 heteroatoms. The highest BCUT2D eigenvalue weighted by Gasteiger charge is 2.23. The number of hydrogen-bond donors (Lipinski definition) is 1. The van der Waals surface area contributed by atoms with Crippen LogP contribution in [0, 0.1) is 28.4 Å². The first-order valence-corrected chi connectivity index (χ1v) is 9.84. The quantitative estimate of drug-likeness (QED) is 0.294. The van der Waals surface area contributed by atoms with E-state index in [4.69, 9.17) is 0 Å². The van der Waals surface area contributed by atoms with Crippen LogP contribution in [0.5, 0.6) is 5.88 Å². The Morgan fingerprint density at radius 1 is 1.23 bits per heavy atom. The summed E-state index contributed by atoms with van der Waals surface area (Å²) in [7, 11) is 0. The van der Waals surface area contributed by atoms with Crippen LogP contribution < -0.4 is 5.56 Å². The Bertz CT molecular complexity index is 1300. The third kappa shape index (κ3) is 4.22. The lowest BCUT2D eigenvalue weighted by Gasteiger charge is -2.19. The number of pyridine rings is 1. The molecule has 0 aliphatic carbocycles. The van der Waals surface area contributed by atoms with E-state index in [0.717, 1.165) is 10.1 Å². The summed E-state index contributed by atoms with van der Waals surface area (Å²) in [6, 6.07) is 14.3. The SMILES string of the molecule is Cc1c(C#N)c(O)n(C(C)c2ccccc2)c(=O)c1N=Nc1ccc([N+](=O)[O-])cc1Br. The van der Waals surface area contributed by atoms with Crippen LogP contribution >= 0.6 is 15.9 Å². The van der Waals surface area contributed by atoms with Crippen LogP contribution in [-0.4, -0.2) is 14.6 Å². The van der Waals surface area contributed by atoms with Crippen molar-refractivity contribution in [1.29, 1.82) is 5.26 Å². The first-order valence-electron chi connectivity index (χ1n) is 9.05. The van der Waals surface area contributed by atoms with Crippen LogP contribution in [0.4, 0.5) is 17.1 Å². The number of nitro benzene ring substituents is 1. The average molecular weight is 482 g/mol. The molecule has 0 spiro atoms. The maximum Gasteiger partial charge on any atom is 0.282 e. The van der Waals surface area contributed by atoms with Gasteiger partial charge in [0, 0.05) is 17.7 Å². The summed E-state index contributed by atoms with van der Waals surface area (Å²) in [6.07, 6.45) is 0. The van der Waals surface area contributed by atoms with Gasteiger partial charge in [0.05, 0.1) is 15.4 Å². The number of halogens is 1. The van der Waals surface area contributed by atoms with E-state index in [9.17, 15) is 25.3 Å². The van der Waals surface area contributed by atoms with Crippen molar-refractivity contribution in [3.05, 3.63) is 90.2 Å². The lowest BCUT2D eigenvalue weighted by molar-refractivity contribution is -0.384. The van der Waals surface area contributed by atoms with Crippen molar-refractivity contribution in [3.8, 4) is 11.9 Å². The first-order chi connectivity index (χ1) is 14.8. The number of nitro groups is 1. The summed E-state index contributed by atoms with van der Waals surface area (Å²) in [6.45, 7) is 3.22. The van der Waals surface area contributed by atoms with Gasteiger partial charge < -0.3 is 5.11 Å². The minimum absolute atomic E-state index is 0.0842. The normalized spacial score (nSPS) is 11.9. The highest BCUT2D eigenvalue weighted by Crippen LogP contribution is 2.33. The molecule has 0 radical (unpaired) electrons. The minimum atomic E-state index is -0.618. The van der Waals surface area contributed by atoms with Crippen molar-refractivity contribution in [2.45, 2.75) is 19.9 Å². The van der Waals surface area contributed by atoms with Crippen LogP contribution in [-0.2, 0) is 0 Å². The van der Waals surface area contributed by atoms with Crippen molar-refractivity contribution in [1.82, 2.24) is 4.57 Å². The molecule has 3 aromatic rings. The van der Waals surface area contributed by atoms with E-state index in [2.05, 4.69) is 26.2 Å². The maximum absolute atomic E-state index is 13.2. The second-order valence-corrected chi connectivity index (χ2v) is 7.49. The van der Waals surface area contributed by atoms with Crippen LogP contribution in [0.25, 0.3) is 0 Å². The van der Waals surface area contributed by atoms with Gasteiger partial charge in [-0.2, -0.15) is 5.26 Å². The zero-order valence-electron chi connectivity index (χ0n) is 16.5. The van der Waals surface area contributed by atoms with E-state index in [0.29, 0.717) is 4.47 Å². The van der Waals surface area contributed by atoms with Gasteiger partial charge >= 0.3 is 0 Å². The fourth-order valence-corrected chi connectivity index (χ4v) is 3.51. The number of aromatic nitrogens is 1. The summed E-state index contributed by atoms with van der Waals surface area (Å²) in [4.78, 5) is 23.5. The molecular formula is C21H16BrN5O4. The molecule has 2 aromatic carbocycles. The predicted molar refractivity (Wildman–Crippen MR) is 117 cm³/mol. The fraction of sp³-hybridized carbons (Fsp3) is 0.143. The molecule has 1 atom stereocenters. The summed E-state index contributed by atoms with van der Waals surface area (Å²) < 4.78 is 1.42. The number of nitrogens with zero attached hydrogens (tertiary/aromatic N) is 5. The second-order valence-electron chi connectivity index (χ2n) is 6.64. The Morgan fingerprint density at radius 2 is 1.90 bits per heavy atom. The number of hydrogen-bond acceptors (Lipinski definition) is 7. The first kappa shape index (κ1) is 21.9. The Labute approximate surface area is 185 Å². The zero-order chi connectivity index (χ0) is 22.7. The predicted octanol–water partition coefficient (Wildman–Crippen LogP) is 5.43. The highest BCUT2D eigenvalue weighted by atomic mass is 79.9. The van der Waals surface area contributed by atoms with Gasteiger partial charge in [-0.25, -0.2) is 0 Å². The van der Waals surface area contributed by atoms with Gasteiger partial charge in [-0.05, 0) is 41.4 Å². The number of nitriles is 1. The smallest absolute Gasteiger partial charge is 0.282 e. The van der Waals surface area contributed by atoms with Crippen LogP contribution in [0.2, 0.25) is 0 Å². The van der Waals surface area contributed by atoms with Gasteiger partial charge in [0.15, 0.2) is 5.69 Å². The Kier molecular flexibility index (Phi) is 6.27. The monoisotopic (exact) mass is 481 g/mol. The second kappa shape index (κ2) is 8.89. The molecule has 3 rings (SSSR count). The molecule has 0 aliphatic heterocycles. The van der Waals surface area contributed by atoms with Gasteiger partial charge in [-0.15, -0.1) is 10.2 Å². The molecule has 0 aliphatic rings. The van der Waals surface area contributed by atoms with E-state index in [1.807, 2.05) is 12.1 Å². The molecule has 0 fully saturated rings. The van der Waals surface area contributed by atoms with Gasteiger partial charge in [0.2, 0.25) is 5.88 Å². The molecule has 156 valence electrons. The van der Waals surface area contributed by atoms with Crippen LogP contribution in [0.3, 0.4) is 0 Å². The minimum Gasteiger partial charge on any atom is -0.493 e. The summed E-state index contributed by atoms with van der Waals surface area (Å²) >= 11 is 3.20. The Balaban J connectivity index is 2.15. The topological polar surface area (TPSA) is 134 Å². The zero-order valence-corrected chi connectivity index (χ0v) is 18.1. The lowest BCUT2D eigenvalue weighted by Crippen LogP contribution is -2.25. The van der Waals surface area contributed by atoms with Crippen LogP contribution in [0.15, 0.2) is 68.0 Å². The molecule has 1 aromatic heterocycles. The third-order valence-electron chi connectivity index (χ3n) is 4.78. The highest BCUT2D eigenvalue weighted by molar-refractivity contribution is 9.10.